The van der Waals surface area contributed by atoms with E-state index in [1.807, 2.05) is 54.6 Å². The molecule has 2 aromatic carbocycles. The quantitative estimate of drug-likeness (QED) is 0.644. The lowest BCUT2D eigenvalue weighted by Crippen LogP contribution is -2.31. The summed E-state index contributed by atoms with van der Waals surface area (Å²) in [5.74, 6) is 1.30. The first-order valence-corrected chi connectivity index (χ1v) is 6.48. The fourth-order valence-corrected chi connectivity index (χ4v) is 1.75. The highest BCUT2D eigenvalue weighted by Crippen LogP contribution is 2.10. The van der Waals surface area contributed by atoms with Gasteiger partial charge in [-0.05, 0) is 23.3 Å². The Kier molecular flexibility index (Phi) is 7.32. The number of rotatable bonds is 5. The number of nitrogens with two attached hydrogens (primary N) is 1. The van der Waals surface area contributed by atoms with Gasteiger partial charge in [-0.25, -0.2) is 4.99 Å². The number of hydrogen-bond donors (Lipinski definition) is 2. The lowest BCUT2D eigenvalue weighted by Gasteiger charge is -2.06. The highest BCUT2D eigenvalue weighted by atomic mass is 79.9. The highest BCUT2D eigenvalue weighted by molar-refractivity contribution is 8.93. The Labute approximate surface area is 135 Å². The molecular formula is C16H20BrN3O. The van der Waals surface area contributed by atoms with E-state index in [0.717, 1.165) is 16.9 Å². The van der Waals surface area contributed by atoms with Crippen molar-refractivity contribution in [2.75, 3.05) is 7.11 Å². The molecule has 0 spiro atoms. The summed E-state index contributed by atoms with van der Waals surface area (Å²) in [6, 6.07) is 17.9. The van der Waals surface area contributed by atoms with Crippen LogP contribution in [0, 0.1) is 0 Å². The summed E-state index contributed by atoms with van der Waals surface area (Å²) in [4.78, 5) is 4.30. The molecule has 0 aromatic heterocycles. The molecule has 5 heteroatoms. The molecule has 0 saturated heterocycles. The van der Waals surface area contributed by atoms with Crippen molar-refractivity contribution in [2.45, 2.75) is 13.1 Å². The maximum Gasteiger partial charge on any atom is 0.189 e. The number of guanidine groups is 1. The summed E-state index contributed by atoms with van der Waals surface area (Å²) in [6.45, 7) is 1.23. The number of hydrogen-bond acceptors (Lipinski definition) is 2. The summed E-state index contributed by atoms with van der Waals surface area (Å²) in [7, 11) is 1.65. The number of halogens is 1. The molecule has 2 rings (SSSR count). The predicted octanol–water partition coefficient (Wildman–Crippen LogP) is 2.88. The summed E-state index contributed by atoms with van der Waals surface area (Å²) in [6.07, 6.45) is 0. The van der Waals surface area contributed by atoms with Gasteiger partial charge in [-0.3, -0.25) is 0 Å². The Balaban J connectivity index is 0.00000220. The minimum Gasteiger partial charge on any atom is -0.497 e. The molecule has 0 unspecified atom stereocenters. The topological polar surface area (TPSA) is 59.6 Å². The van der Waals surface area contributed by atoms with Crippen molar-refractivity contribution in [3.63, 3.8) is 0 Å². The van der Waals surface area contributed by atoms with Gasteiger partial charge in [0, 0.05) is 6.54 Å². The van der Waals surface area contributed by atoms with E-state index in [-0.39, 0.29) is 17.0 Å². The molecule has 0 amide bonds. The fraction of sp³-hybridized carbons (Fsp3) is 0.188. The minimum absolute atomic E-state index is 0. The van der Waals surface area contributed by atoms with Crippen LogP contribution >= 0.6 is 17.0 Å². The van der Waals surface area contributed by atoms with Crippen LogP contribution in [0.3, 0.4) is 0 Å². The third-order valence-electron chi connectivity index (χ3n) is 2.91. The van der Waals surface area contributed by atoms with E-state index in [2.05, 4.69) is 10.3 Å². The van der Waals surface area contributed by atoms with Crippen LogP contribution in [-0.4, -0.2) is 13.1 Å². The van der Waals surface area contributed by atoms with E-state index in [4.69, 9.17) is 10.5 Å². The van der Waals surface area contributed by atoms with Crippen LogP contribution in [0.5, 0.6) is 5.75 Å². The van der Waals surface area contributed by atoms with Gasteiger partial charge in [0.1, 0.15) is 5.75 Å². The Bertz CT molecular complexity index is 555. The summed E-state index contributed by atoms with van der Waals surface area (Å²) < 4.78 is 5.11. The number of nitrogens with one attached hydrogen (secondary N) is 1. The van der Waals surface area contributed by atoms with Crippen LogP contribution in [0.25, 0.3) is 0 Å². The lowest BCUT2D eigenvalue weighted by molar-refractivity contribution is 0.414. The van der Waals surface area contributed by atoms with Crippen LogP contribution in [0.1, 0.15) is 11.1 Å². The van der Waals surface area contributed by atoms with Gasteiger partial charge in [0.05, 0.1) is 13.7 Å². The molecule has 0 atom stereocenters. The largest absolute Gasteiger partial charge is 0.497 e. The van der Waals surface area contributed by atoms with Gasteiger partial charge in [-0.15, -0.1) is 17.0 Å². The molecule has 0 aliphatic heterocycles. The third kappa shape index (κ3) is 5.87. The van der Waals surface area contributed by atoms with Gasteiger partial charge in [0.15, 0.2) is 5.96 Å². The van der Waals surface area contributed by atoms with Crippen molar-refractivity contribution in [1.82, 2.24) is 5.32 Å². The van der Waals surface area contributed by atoms with Crippen molar-refractivity contribution in [1.29, 1.82) is 0 Å². The molecule has 0 aliphatic rings. The van der Waals surface area contributed by atoms with Crippen LogP contribution < -0.4 is 15.8 Å². The zero-order valence-corrected chi connectivity index (χ0v) is 13.7. The maximum atomic E-state index is 5.84. The van der Waals surface area contributed by atoms with Crippen LogP contribution in [0.4, 0.5) is 0 Å². The van der Waals surface area contributed by atoms with Crippen molar-refractivity contribution < 1.29 is 4.74 Å². The Morgan fingerprint density at radius 2 is 1.71 bits per heavy atom. The molecule has 3 N–H and O–H groups in total. The van der Waals surface area contributed by atoms with Gasteiger partial charge in [0.25, 0.3) is 0 Å². The van der Waals surface area contributed by atoms with E-state index in [9.17, 15) is 0 Å². The van der Waals surface area contributed by atoms with E-state index in [1.165, 1.54) is 0 Å². The van der Waals surface area contributed by atoms with Gasteiger partial charge >= 0.3 is 0 Å². The zero-order chi connectivity index (χ0) is 14.2. The van der Waals surface area contributed by atoms with Gasteiger partial charge in [-0.1, -0.05) is 42.5 Å². The molecule has 4 nitrogen and oxygen atoms in total. The Morgan fingerprint density at radius 1 is 1.05 bits per heavy atom. The molecule has 0 fully saturated rings. The normalized spacial score (nSPS) is 10.6. The number of benzene rings is 2. The second-order valence-electron chi connectivity index (χ2n) is 4.39. The van der Waals surface area contributed by atoms with Crippen molar-refractivity contribution >= 4 is 22.9 Å². The van der Waals surface area contributed by atoms with Crippen LogP contribution in [-0.2, 0) is 13.1 Å². The third-order valence-corrected chi connectivity index (χ3v) is 2.91. The van der Waals surface area contributed by atoms with Crippen molar-refractivity contribution in [3.05, 3.63) is 65.7 Å². The number of nitrogens with zero attached hydrogens (tertiary/aromatic N) is 1. The van der Waals surface area contributed by atoms with Crippen LogP contribution in [0.2, 0.25) is 0 Å². The first-order valence-electron chi connectivity index (χ1n) is 6.48. The molecule has 2 aromatic rings. The number of ether oxygens (including phenoxy) is 1. The second kappa shape index (κ2) is 9.02. The summed E-state index contributed by atoms with van der Waals surface area (Å²) in [5.41, 5.74) is 8.11. The summed E-state index contributed by atoms with van der Waals surface area (Å²) in [5, 5.41) is 3.09. The van der Waals surface area contributed by atoms with Gasteiger partial charge in [-0.2, -0.15) is 0 Å². The zero-order valence-electron chi connectivity index (χ0n) is 12.0. The van der Waals surface area contributed by atoms with E-state index in [0.29, 0.717) is 19.0 Å². The molecule has 0 aliphatic carbocycles. The van der Waals surface area contributed by atoms with E-state index < -0.39 is 0 Å². The van der Waals surface area contributed by atoms with Crippen molar-refractivity contribution in [2.24, 2.45) is 10.7 Å². The molecule has 21 heavy (non-hydrogen) atoms. The number of methoxy groups -OCH3 is 1. The standard InChI is InChI=1S/C16H19N3O.BrH/c1-20-15-9-7-14(8-10-15)12-19-16(17)18-11-13-5-3-2-4-6-13;/h2-10H,11-12H2,1H3,(H3,17,18,19);1H. The molecule has 112 valence electrons. The van der Waals surface area contributed by atoms with Gasteiger partial charge in [0.2, 0.25) is 0 Å². The SMILES string of the molecule is Br.COc1ccc(CNC(N)=NCc2ccccc2)cc1. The van der Waals surface area contributed by atoms with Crippen molar-refractivity contribution in [3.8, 4) is 5.75 Å². The lowest BCUT2D eigenvalue weighted by atomic mass is 10.2. The smallest absolute Gasteiger partial charge is 0.189 e. The van der Waals surface area contributed by atoms with E-state index in [1.54, 1.807) is 7.11 Å². The predicted molar refractivity (Wildman–Crippen MR) is 91.9 cm³/mol. The Morgan fingerprint density at radius 3 is 2.33 bits per heavy atom. The van der Waals surface area contributed by atoms with E-state index >= 15 is 0 Å². The first kappa shape index (κ1) is 17.0. The summed E-state index contributed by atoms with van der Waals surface area (Å²) >= 11 is 0. The monoisotopic (exact) mass is 349 g/mol. The molecule has 0 bridgehead atoms. The maximum absolute atomic E-state index is 5.84. The molecule has 0 radical (unpaired) electrons. The highest BCUT2D eigenvalue weighted by Gasteiger charge is 1.96. The fourth-order valence-electron chi connectivity index (χ4n) is 1.75. The van der Waals surface area contributed by atoms with Gasteiger partial charge < -0.3 is 15.8 Å². The minimum atomic E-state index is 0. The van der Waals surface area contributed by atoms with Crippen LogP contribution in [0.15, 0.2) is 59.6 Å². The Hall–Kier alpha value is -2.01. The molecular weight excluding hydrogens is 330 g/mol. The second-order valence-corrected chi connectivity index (χ2v) is 4.39. The molecule has 0 heterocycles. The first-order chi connectivity index (χ1) is 9.78. The average Bonchev–Trinajstić information content (AvgIpc) is 2.52. The average molecular weight is 350 g/mol. The molecule has 0 saturated carbocycles. The number of aliphatic imine (C=N–C) groups is 1.